The van der Waals surface area contributed by atoms with Crippen LogP contribution < -0.4 is 10.5 Å². The molecule has 96 valence electrons. The number of nitrogens with zero attached hydrogens (tertiary/aromatic N) is 1. The molecule has 0 atom stereocenters. The van der Waals surface area contributed by atoms with E-state index >= 15 is 0 Å². The molecule has 1 heterocycles. The molecule has 0 bridgehead atoms. The van der Waals surface area contributed by atoms with Crippen molar-refractivity contribution in [3.63, 3.8) is 0 Å². The highest BCUT2D eigenvalue weighted by molar-refractivity contribution is 7.22. The number of hydrogen-bond donors (Lipinski definition) is 1. The molecular formula is C13H8ClFN2OS. The molecule has 0 saturated carbocycles. The smallest absolute Gasteiger partial charge is 0.181 e. The van der Waals surface area contributed by atoms with Crippen molar-refractivity contribution in [1.29, 1.82) is 0 Å². The Morgan fingerprint density at radius 2 is 2.05 bits per heavy atom. The fraction of sp³-hybridized carbons (Fsp3) is 0. The number of hydrogen-bond acceptors (Lipinski definition) is 4. The highest BCUT2D eigenvalue weighted by Gasteiger charge is 2.07. The second-order valence-corrected chi connectivity index (χ2v) is 5.33. The Bertz CT molecular complexity index is 759. The van der Waals surface area contributed by atoms with E-state index in [1.807, 2.05) is 12.1 Å². The SMILES string of the molecule is Nc1nc2ccc(Oc3ccc(F)cc3Cl)cc2s1. The van der Waals surface area contributed by atoms with Crippen LogP contribution in [0.25, 0.3) is 10.2 Å². The highest BCUT2D eigenvalue weighted by Crippen LogP contribution is 2.33. The van der Waals surface area contributed by atoms with Gasteiger partial charge in [0.1, 0.15) is 17.3 Å². The minimum Gasteiger partial charge on any atom is -0.456 e. The molecule has 19 heavy (non-hydrogen) atoms. The van der Waals surface area contributed by atoms with Gasteiger partial charge in [-0.3, -0.25) is 0 Å². The van der Waals surface area contributed by atoms with Crippen molar-refractivity contribution in [2.75, 3.05) is 5.73 Å². The van der Waals surface area contributed by atoms with Crippen molar-refractivity contribution >= 4 is 38.3 Å². The lowest BCUT2D eigenvalue weighted by atomic mass is 10.3. The van der Waals surface area contributed by atoms with Gasteiger partial charge in [0, 0.05) is 6.07 Å². The number of anilines is 1. The predicted molar refractivity (Wildman–Crippen MR) is 75.5 cm³/mol. The normalized spacial score (nSPS) is 10.8. The second kappa shape index (κ2) is 4.68. The number of ether oxygens (including phenoxy) is 1. The Morgan fingerprint density at radius 3 is 2.84 bits per heavy atom. The zero-order valence-electron chi connectivity index (χ0n) is 9.56. The van der Waals surface area contributed by atoms with E-state index in [0.717, 1.165) is 10.2 Å². The van der Waals surface area contributed by atoms with Gasteiger partial charge in [-0.25, -0.2) is 9.37 Å². The topological polar surface area (TPSA) is 48.1 Å². The summed E-state index contributed by atoms with van der Waals surface area (Å²) in [6.45, 7) is 0. The highest BCUT2D eigenvalue weighted by atomic mass is 35.5. The third-order valence-electron chi connectivity index (χ3n) is 2.50. The number of aromatic nitrogens is 1. The lowest BCUT2D eigenvalue weighted by Gasteiger charge is -2.07. The van der Waals surface area contributed by atoms with Crippen LogP contribution in [-0.2, 0) is 0 Å². The summed E-state index contributed by atoms with van der Waals surface area (Å²) in [5.41, 5.74) is 6.46. The minimum atomic E-state index is -0.400. The molecule has 2 N–H and O–H groups in total. The van der Waals surface area contributed by atoms with Crippen LogP contribution >= 0.6 is 22.9 Å². The molecule has 3 aromatic rings. The van der Waals surface area contributed by atoms with Crippen LogP contribution in [-0.4, -0.2) is 4.98 Å². The molecular weight excluding hydrogens is 287 g/mol. The first-order chi connectivity index (χ1) is 9.11. The average molecular weight is 295 g/mol. The van der Waals surface area contributed by atoms with E-state index < -0.39 is 5.82 Å². The van der Waals surface area contributed by atoms with Gasteiger partial charge in [0.2, 0.25) is 0 Å². The maximum Gasteiger partial charge on any atom is 0.181 e. The van der Waals surface area contributed by atoms with Crippen LogP contribution in [0.5, 0.6) is 11.5 Å². The van der Waals surface area contributed by atoms with E-state index in [9.17, 15) is 4.39 Å². The predicted octanol–water partition coefficient (Wildman–Crippen LogP) is 4.46. The average Bonchev–Trinajstić information content (AvgIpc) is 2.72. The monoisotopic (exact) mass is 294 g/mol. The fourth-order valence-corrected chi connectivity index (χ4v) is 2.64. The number of halogens is 2. The number of nitrogens with two attached hydrogens (primary N) is 1. The van der Waals surface area contributed by atoms with E-state index in [-0.39, 0.29) is 5.02 Å². The summed E-state index contributed by atoms with van der Waals surface area (Å²) in [6.07, 6.45) is 0. The van der Waals surface area contributed by atoms with Gasteiger partial charge >= 0.3 is 0 Å². The van der Waals surface area contributed by atoms with Crippen LogP contribution in [0.15, 0.2) is 36.4 Å². The van der Waals surface area contributed by atoms with E-state index in [1.54, 1.807) is 6.07 Å². The summed E-state index contributed by atoms with van der Waals surface area (Å²) < 4.78 is 19.5. The first-order valence-corrected chi connectivity index (χ1v) is 6.60. The van der Waals surface area contributed by atoms with Crippen molar-refractivity contribution < 1.29 is 9.13 Å². The third-order valence-corrected chi connectivity index (χ3v) is 3.64. The molecule has 0 radical (unpaired) electrons. The first-order valence-electron chi connectivity index (χ1n) is 5.41. The van der Waals surface area contributed by atoms with E-state index in [4.69, 9.17) is 22.1 Å². The number of nitrogen functional groups attached to an aromatic ring is 1. The quantitative estimate of drug-likeness (QED) is 0.759. The van der Waals surface area contributed by atoms with Gasteiger partial charge in [0.05, 0.1) is 15.2 Å². The van der Waals surface area contributed by atoms with Gasteiger partial charge in [-0.15, -0.1) is 0 Å². The number of thiazole rings is 1. The molecule has 0 aliphatic carbocycles. The van der Waals surface area contributed by atoms with Crippen LogP contribution in [0.4, 0.5) is 9.52 Å². The number of rotatable bonds is 2. The second-order valence-electron chi connectivity index (χ2n) is 3.86. The van der Waals surface area contributed by atoms with Crippen LogP contribution in [0, 0.1) is 5.82 Å². The molecule has 0 spiro atoms. The Hall–Kier alpha value is -1.85. The molecule has 3 nitrogen and oxygen atoms in total. The van der Waals surface area contributed by atoms with Gasteiger partial charge in [-0.05, 0) is 30.3 Å². The molecule has 0 fully saturated rings. The molecule has 6 heteroatoms. The maximum atomic E-state index is 12.9. The first kappa shape index (κ1) is 12.2. The summed E-state index contributed by atoms with van der Waals surface area (Å²) in [4.78, 5) is 4.16. The summed E-state index contributed by atoms with van der Waals surface area (Å²) in [5.74, 6) is 0.604. The zero-order valence-corrected chi connectivity index (χ0v) is 11.1. The van der Waals surface area contributed by atoms with Crippen molar-refractivity contribution in [1.82, 2.24) is 4.98 Å². The minimum absolute atomic E-state index is 0.226. The van der Waals surface area contributed by atoms with Gasteiger partial charge in [-0.2, -0.15) is 0 Å². The Balaban J connectivity index is 1.96. The number of fused-ring (bicyclic) bond motifs is 1. The van der Waals surface area contributed by atoms with Gasteiger partial charge < -0.3 is 10.5 Å². The van der Waals surface area contributed by atoms with Crippen molar-refractivity contribution in [2.24, 2.45) is 0 Å². The Labute approximate surface area is 117 Å². The molecule has 1 aromatic heterocycles. The van der Waals surface area contributed by atoms with Crippen molar-refractivity contribution in [3.8, 4) is 11.5 Å². The summed E-state index contributed by atoms with van der Waals surface area (Å²) in [7, 11) is 0. The molecule has 0 saturated heterocycles. The third kappa shape index (κ3) is 2.47. The van der Waals surface area contributed by atoms with Gasteiger partial charge in [-0.1, -0.05) is 22.9 Å². The molecule has 0 aliphatic rings. The van der Waals surface area contributed by atoms with Gasteiger partial charge in [0.25, 0.3) is 0 Å². The number of benzene rings is 2. The van der Waals surface area contributed by atoms with Crippen LogP contribution in [0.3, 0.4) is 0 Å². The van der Waals surface area contributed by atoms with Crippen LogP contribution in [0.2, 0.25) is 5.02 Å². The molecule has 0 unspecified atom stereocenters. The van der Waals surface area contributed by atoms with Gasteiger partial charge in [0.15, 0.2) is 5.13 Å². The standard InChI is InChI=1S/C13H8ClFN2OS/c14-9-5-7(15)1-4-11(9)18-8-2-3-10-12(6-8)19-13(16)17-10/h1-6H,(H2,16,17). The van der Waals surface area contributed by atoms with E-state index in [2.05, 4.69) is 4.98 Å². The fourth-order valence-electron chi connectivity index (χ4n) is 1.67. The zero-order chi connectivity index (χ0) is 13.4. The summed E-state index contributed by atoms with van der Waals surface area (Å²) in [6, 6.07) is 9.40. The Kier molecular flexibility index (Phi) is 3.00. The van der Waals surface area contributed by atoms with E-state index in [1.165, 1.54) is 29.5 Å². The van der Waals surface area contributed by atoms with Crippen LogP contribution in [0.1, 0.15) is 0 Å². The van der Waals surface area contributed by atoms with E-state index in [0.29, 0.717) is 16.6 Å². The molecule has 2 aromatic carbocycles. The molecule has 0 amide bonds. The summed E-state index contributed by atoms with van der Waals surface area (Å²) in [5, 5.41) is 0.732. The maximum absolute atomic E-state index is 12.9. The molecule has 0 aliphatic heterocycles. The van der Waals surface area contributed by atoms with Crippen molar-refractivity contribution in [3.05, 3.63) is 47.2 Å². The lowest BCUT2D eigenvalue weighted by molar-refractivity contribution is 0.481. The van der Waals surface area contributed by atoms with Crippen molar-refractivity contribution in [2.45, 2.75) is 0 Å². The lowest BCUT2D eigenvalue weighted by Crippen LogP contribution is -1.86. The summed E-state index contributed by atoms with van der Waals surface area (Å²) >= 11 is 7.28. The largest absolute Gasteiger partial charge is 0.456 e. The molecule has 3 rings (SSSR count). The Morgan fingerprint density at radius 1 is 1.21 bits per heavy atom.